The van der Waals surface area contributed by atoms with Crippen LogP contribution in [0.25, 0.3) is 6.08 Å². The zero-order chi connectivity index (χ0) is 26.3. The molecule has 38 heavy (non-hydrogen) atoms. The van der Waals surface area contributed by atoms with Crippen LogP contribution in [0.1, 0.15) is 27.8 Å². The maximum atomic E-state index is 13.6. The summed E-state index contributed by atoms with van der Waals surface area (Å²) >= 11 is 0. The van der Waals surface area contributed by atoms with E-state index in [9.17, 15) is 9.18 Å². The number of amides is 1. The lowest BCUT2D eigenvalue weighted by Gasteiger charge is -2.23. The molecule has 0 atom stereocenters. The van der Waals surface area contributed by atoms with Crippen molar-refractivity contribution in [3.05, 3.63) is 131 Å². The average Bonchev–Trinajstić information content (AvgIpc) is 3.35. The fourth-order valence-corrected chi connectivity index (χ4v) is 4.71. The molecule has 0 unspecified atom stereocenters. The topological polar surface area (TPSA) is 51.7 Å². The predicted molar refractivity (Wildman–Crippen MR) is 145 cm³/mol. The van der Waals surface area contributed by atoms with Crippen molar-refractivity contribution in [2.75, 3.05) is 7.11 Å². The lowest BCUT2D eigenvalue weighted by atomic mass is 10.1. The van der Waals surface area contributed by atoms with Crippen LogP contribution in [0.15, 0.2) is 97.3 Å². The van der Waals surface area contributed by atoms with Crippen molar-refractivity contribution in [3.8, 4) is 11.5 Å². The Labute approximate surface area is 222 Å². The number of halogens is 1. The third kappa shape index (κ3) is 6.27. The summed E-state index contributed by atoms with van der Waals surface area (Å²) in [5.74, 6) is 0.787. The van der Waals surface area contributed by atoms with E-state index in [0.717, 1.165) is 24.0 Å². The van der Waals surface area contributed by atoms with Gasteiger partial charge in [-0.2, -0.15) is 0 Å². The van der Waals surface area contributed by atoms with Gasteiger partial charge in [-0.15, -0.1) is 0 Å². The van der Waals surface area contributed by atoms with E-state index in [1.165, 1.54) is 29.3 Å². The highest BCUT2D eigenvalue weighted by Gasteiger charge is 2.24. The van der Waals surface area contributed by atoms with Crippen molar-refractivity contribution in [1.82, 2.24) is 9.88 Å². The Hall–Kier alpha value is -4.45. The number of hydrogen-bond donors (Lipinski definition) is 0. The minimum absolute atomic E-state index is 0.0601. The van der Waals surface area contributed by atoms with Gasteiger partial charge >= 0.3 is 0 Å². The molecule has 1 amide bonds. The fraction of sp³-hybridized carbons (Fsp3) is 0.188. The molecule has 1 aliphatic rings. The van der Waals surface area contributed by atoms with Crippen LogP contribution in [0.5, 0.6) is 11.5 Å². The van der Waals surface area contributed by atoms with E-state index >= 15 is 0 Å². The van der Waals surface area contributed by atoms with Crippen molar-refractivity contribution in [2.24, 2.45) is 0 Å². The second-order valence-corrected chi connectivity index (χ2v) is 9.34. The Morgan fingerprint density at radius 1 is 0.921 bits per heavy atom. The molecule has 0 saturated heterocycles. The average molecular weight is 509 g/mol. The van der Waals surface area contributed by atoms with Gasteiger partial charge in [0.05, 0.1) is 7.11 Å². The van der Waals surface area contributed by atoms with Gasteiger partial charge in [-0.1, -0.05) is 42.5 Å². The summed E-state index contributed by atoms with van der Waals surface area (Å²) in [4.78, 5) is 19.0. The monoisotopic (exact) mass is 508 g/mol. The second-order valence-electron chi connectivity index (χ2n) is 9.34. The van der Waals surface area contributed by atoms with E-state index in [0.29, 0.717) is 30.2 Å². The molecule has 0 N–H and O–H groups in total. The number of ether oxygens (including phenoxy) is 2. The summed E-state index contributed by atoms with van der Waals surface area (Å²) in [5, 5.41) is 0. The van der Waals surface area contributed by atoms with Crippen molar-refractivity contribution < 1.29 is 18.7 Å². The first-order chi connectivity index (χ1) is 18.6. The first-order valence-electron chi connectivity index (χ1n) is 12.6. The zero-order valence-corrected chi connectivity index (χ0v) is 21.2. The fourth-order valence-electron chi connectivity index (χ4n) is 4.71. The predicted octanol–water partition coefficient (Wildman–Crippen LogP) is 6.02. The third-order valence-corrected chi connectivity index (χ3v) is 6.61. The van der Waals surface area contributed by atoms with Crippen molar-refractivity contribution in [1.29, 1.82) is 0 Å². The number of carbonyl (C=O) groups excluding carboxylic acids is 1. The number of nitrogens with zero attached hydrogens (tertiary/aromatic N) is 2. The van der Waals surface area contributed by atoms with Gasteiger partial charge in [-0.05, 0) is 70.3 Å². The Balaban J connectivity index is 1.32. The summed E-state index contributed by atoms with van der Waals surface area (Å²) in [5.41, 5.74) is 5.14. The highest BCUT2D eigenvalue weighted by Crippen LogP contribution is 2.33. The van der Waals surface area contributed by atoms with Crippen LogP contribution in [0, 0.1) is 5.82 Å². The normalized spacial score (nSPS) is 12.9. The highest BCUT2D eigenvalue weighted by molar-refractivity contribution is 5.91. The smallest absolute Gasteiger partial charge is 0.247 e. The first kappa shape index (κ1) is 25.2. The molecule has 0 saturated carbocycles. The van der Waals surface area contributed by atoms with E-state index < -0.39 is 0 Å². The van der Waals surface area contributed by atoms with Gasteiger partial charge < -0.3 is 14.4 Å². The summed E-state index contributed by atoms with van der Waals surface area (Å²) in [6, 6.07) is 24.1. The van der Waals surface area contributed by atoms with Crippen molar-refractivity contribution in [3.63, 3.8) is 0 Å². The molecule has 1 heterocycles. The molecule has 192 valence electrons. The SMILES string of the molecule is COc1cc(CN(Cc2ccncc2)C(=O)/C=C/c2cccc(F)c2)ccc1OC1Cc2ccccc2C1. The summed E-state index contributed by atoms with van der Waals surface area (Å²) in [6.07, 6.45) is 8.31. The molecule has 0 bridgehead atoms. The molecule has 0 fully saturated rings. The number of aromatic nitrogens is 1. The van der Waals surface area contributed by atoms with Crippen LogP contribution < -0.4 is 9.47 Å². The molecule has 1 aromatic heterocycles. The maximum Gasteiger partial charge on any atom is 0.247 e. The summed E-state index contributed by atoms with van der Waals surface area (Å²) < 4.78 is 25.6. The van der Waals surface area contributed by atoms with E-state index in [1.807, 2.05) is 30.3 Å². The van der Waals surface area contributed by atoms with E-state index in [1.54, 1.807) is 42.6 Å². The Morgan fingerprint density at radius 3 is 2.37 bits per heavy atom. The molecular weight excluding hydrogens is 479 g/mol. The van der Waals surface area contributed by atoms with Crippen LogP contribution in [0.4, 0.5) is 4.39 Å². The van der Waals surface area contributed by atoms with Gasteiger partial charge in [0, 0.05) is 44.4 Å². The number of rotatable bonds is 9. The largest absolute Gasteiger partial charge is 0.493 e. The number of hydrogen-bond acceptors (Lipinski definition) is 4. The van der Waals surface area contributed by atoms with Gasteiger partial charge in [0.2, 0.25) is 5.91 Å². The molecular formula is C32H29FN2O3. The Bertz CT molecular complexity index is 1410. The van der Waals surface area contributed by atoms with E-state index in [-0.39, 0.29) is 17.8 Å². The second kappa shape index (κ2) is 11.7. The van der Waals surface area contributed by atoms with Crippen LogP contribution in [0.2, 0.25) is 0 Å². The first-order valence-corrected chi connectivity index (χ1v) is 12.6. The third-order valence-electron chi connectivity index (χ3n) is 6.61. The summed E-state index contributed by atoms with van der Waals surface area (Å²) in [6.45, 7) is 0.760. The van der Waals surface area contributed by atoms with Crippen molar-refractivity contribution in [2.45, 2.75) is 32.0 Å². The standard InChI is InChI=1S/C32H29FN2O3/c1-37-31-18-25(9-11-30(31)38-29-19-26-6-2-3-7-27(26)20-29)22-35(21-24-13-15-34-16-14-24)32(36)12-10-23-5-4-8-28(33)17-23/h2-18,29H,19-22H2,1H3/b12-10+. The van der Waals surface area contributed by atoms with Crippen LogP contribution in [-0.4, -0.2) is 29.0 Å². The van der Waals surface area contributed by atoms with Crippen LogP contribution in [0.3, 0.4) is 0 Å². The molecule has 3 aromatic carbocycles. The molecule has 1 aliphatic carbocycles. The molecule has 0 aliphatic heterocycles. The van der Waals surface area contributed by atoms with Gasteiger partial charge in [0.15, 0.2) is 11.5 Å². The number of carbonyl (C=O) groups is 1. The Morgan fingerprint density at radius 2 is 1.66 bits per heavy atom. The quantitative estimate of drug-likeness (QED) is 0.260. The van der Waals surface area contributed by atoms with Gasteiger partial charge in [-0.3, -0.25) is 9.78 Å². The zero-order valence-electron chi connectivity index (χ0n) is 21.2. The summed E-state index contributed by atoms with van der Waals surface area (Å²) in [7, 11) is 1.62. The molecule has 6 heteroatoms. The number of fused-ring (bicyclic) bond motifs is 1. The number of pyridine rings is 1. The van der Waals surface area contributed by atoms with Crippen LogP contribution in [-0.2, 0) is 30.7 Å². The van der Waals surface area contributed by atoms with Gasteiger partial charge in [-0.25, -0.2) is 4.39 Å². The van der Waals surface area contributed by atoms with Gasteiger partial charge in [0.25, 0.3) is 0 Å². The molecule has 0 radical (unpaired) electrons. The van der Waals surface area contributed by atoms with Crippen molar-refractivity contribution >= 4 is 12.0 Å². The van der Waals surface area contributed by atoms with E-state index in [4.69, 9.17) is 9.47 Å². The van der Waals surface area contributed by atoms with E-state index in [2.05, 4.69) is 29.2 Å². The minimum atomic E-state index is -0.343. The Kier molecular flexibility index (Phi) is 7.78. The molecule has 0 spiro atoms. The molecule has 4 aromatic rings. The van der Waals surface area contributed by atoms with Gasteiger partial charge in [0.1, 0.15) is 11.9 Å². The maximum absolute atomic E-state index is 13.6. The number of benzene rings is 3. The number of methoxy groups -OCH3 is 1. The highest BCUT2D eigenvalue weighted by atomic mass is 19.1. The molecule has 5 nitrogen and oxygen atoms in total. The molecule has 5 rings (SSSR count). The lowest BCUT2D eigenvalue weighted by Crippen LogP contribution is -2.28. The lowest BCUT2D eigenvalue weighted by molar-refractivity contribution is -0.127. The minimum Gasteiger partial charge on any atom is -0.493 e. The van der Waals surface area contributed by atoms with Crippen LogP contribution >= 0.6 is 0 Å².